The SMILES string of the molecule is CCC[C@@H](NC(=O)COC(=O)c1c(C)[nH]c(C(=O)OCC)c1C)c1ccccc1. The minimum Gasteiger partial charge on any atom is -0.461 e. The van der Waals surface area contributed by atoms with E-state index in [0.717, 1.165) is 18.4 Å². The predicted molar refractivity (Wildman–Crippen MR) is 109 cm³/mol. The Morgan fingerprint density at radius 2 is 1.72 bits per heavy atom. The highest BCUT2D eigenvalue weighted by Gasteiger charge is 2.24. The number of aromatic amines is 1. The molecular formula is C22H28N2O5. The van der Waals surface area contributed by atoms with Crippen molar-refractivity contribution >= 4 is 17.8 Å². The summed E-state index contributed by atoms with van der Waals surface area (Å²) in [6, 6.07) is 9.53. The van der Waals surface area contributed by atoms with E-state index in [0.29, 0.717) is 11.3 Å². The highest BCUT2D eigenvalue weighted by Crippen LogP contribution is 2.20. The summed E-state index contributed by atoms with van der Waals surface area (Å²) in [6.07, 6.45) is 1.68. The van der Waals surface area contributed by atoms with Gasteiger partial charge in [0.1, 0.15) is 5.69 Å². The third kappa shape index (κ3) is 5.70. The number of carbonyl (C=O) groups excluding carboxylic acids is 3. The molecule has 2 rings (SSSR count). The monoisotopic (exact) mass is 400 g/mol. The molecule has 0 bridgehead atoms. The molecule has 2 N–H and O–H groups in total. The Labute approximate surface area is 170 Å². The fourth-order valence-electron chi connectivity index (χ4n) is 3.20. The van der Waals surface area contributed by atoms with E-state index in [2.05, 4.69) is 10.3 Å². The second-order valence-electron chi connectivity index (χ2n) is 6.74. The van der Waals surface area contributed by atoms with Crippen molar-refractivity contribution in [1.29, 1.82) is 0 Å². The third-order valence-corrected chi connectivity index (χ3v) is 4.57. The summed E-state index contributed by atoms with van der Waals surface area (Å²) in [5.74, 6) is -1.57. The van der Waals surface area contributed by atoms with Crippen LogP contribution in [0.5, 0.6) is 0 Å². The standard InChI is InChI=1S/C22H28N2O5/c1-5-10-17(16-11-8-7-9-12-16)24-18(25)13-29-21(26)19-14(3)20(23-15(19)4)22(27)28-6-2/h7-9,11-12,17,23H,5-6,10,13H2,1-4H3,(H,24,25)/t17-/m1/s1. The molecule has 0 saturated heterocycles. The Bertz CT molecular complexity index is 858. The van der Waals surface area contributed by atoms with Crippen molar-refractivity contribution in [3.05, 3.63) is 58.4 Å². The topological polar surface area (TPSA) is 97.5 Å². The van der Waals surface area contributed by atoms with Crippen LogP contribution in [0.3, 0.4) is 0 Å². The van der Waals surface area contributed by atoms with Crippen molar-refractivity contribution in [3.63, 3.8) is 0 Å². The molecular weight excluding hydrogens is 372 g/mol. The molecule has 0 spiro atoms. The van der Waals surface area contributed by atoms with Gasteiger partial charge < -0.3 is 19.8 Å². The van der Waals surface area contributed by atoms with Crippen molar-refractivity contribution in [2.75, 3.05) is 13.2 Å². The van der Waals surface area contributed by atoms with Crippen LogP contribution in [0, 0.1) is 13.8 Å². The molecule has 29 heavy (non-hydrogen) atoms. The average molecular weight is 400 g/mol. The summed E-state index contributed by atoms with van der Waals surface area (Å²) in [5.41, 5.74) is 2.40. The Kier molecular flexibility index (Phi) is 8.00. The number of hydrogen-bond donors (Lipinski definition) is 2. The summed E-state index contributed by atoms with van der Waals surface area (Å²) in [4.78, 5) is 39.7. The van der Waals surface area contributed by atoms with Crippen LogP contribution in [-0.4, -0.2) is 36.0 Å². The first-order chi connectivity index (χ1) is 13.9. The fourth-order valence-corrected chi connectivity index (χ4v) is 3.20. The van der Waals surface area contributed by atoms with Gasteiger partial charge in [0.15, 0.2) is 6.61 Å². The van der Waals surface area contributed by atoms with Crippen LogP contribution >= 0.6 is 0 Å². The number of hydrogen-bond acceptors (Lipinski definition) is 5. The number of aromatic nitrogens is 1. The van der Waals surface area contributed by atoms with Gasteiger partial charge in [-0.3, -0.25) is 4.79 Å². The van der Waals surface area contributed by atoms with E-state index in [-0.39, 0.29) is 29.8 Å². The van der Waals surface area contributed by atoms with Crippen LogP contribution in [0.2, 0.25) is 0 Å². The lowest BCUT2D eigenvalue weighted by molar-refractivity contribution is -0.125. The number of H-pyrrole nitrogens is 1. The molecule has 1 aromatic carbocycles. The predicted octanol–water partition coefficient (Wildman–Crippen LogP) is 3.62. The summed E-state index contributed by atoms with van der Waals surface area (Å²) in [6.45, 7) is 6.89. The summed E-state index contributed by atoms with van der Waals surface area (Å²) < 4.78 is 10.2. The number of esters is 2. The molecule has 1 atom stereocenters. The molecule has 1 heterocycles. The van der Waals surface area contributed by atoms with E-state index in [1.165, 1.54) is 0 Å². The quantitative estimate of drug-likeness (QED) is 0.627. The van der Waals surface area contributed by atoms with Crippen LogP contribution in [0.15, 0.2) is 30.3 Å². The lowest BCUT2D eigenvalue weighted by atomic mass is 10.0. The number of nitrogens with one attached hydrogen (secondary N) is 2. The second-order valence-corrected chi connectivity index (χ2v) is 6.74. The largest absolute Gasteiger partial charge is 0.461 e. The van der Waals surface area contributed by atoms with Gasteiger partial charge in [-0.15, -0.1) is 0 Å². The molecule has 1 aromatic heterocycles. The molecule has 0 saturated carbocycles. The molecule has 0 unspecified atom stereocenters. The zero-order chi connectivity index (χ0) is 21.4. The van der Waals surface area contributed by atoms with Gasteiger partial charge in [0.25, 0.3) is 5.91 Å². The third-order valence-electron chi connectivity index (χ3n) is 4.57. The van der Waals surface area contributed by atoms with Gasteiger partial charge in [0.2, 0.25) is 0 Å². The number of carbonyl (C=O) groups is 3. The van der Waals surface area contributed by atoms with E-state index in [4.69, 9.17) is 9.47 Å². The minimum atomic E-state index is -0.659. The fraction of sp³-hybridized carbons (Fsp3) is 0.409. The zero-order valence-corrected chi connectivity index (χ0v) is 17.3. The van der Waals surface area contributed by atoms with Gasteiger partial charge in [0, 0.05) is 5.69 Å². The summed E-state index contributed by atoms with van der Waals surface area (Å²) >= 11 is 0. The van der Waals surface area contributed by atoms with Crippen LogP contribution in [0.1, 0.15) is 70.4 Å². The van der Waals surface area contributed by atoms with Crippen molar-refractivity contribution in [2.45, 2.75) is 46.6 Å². The number of amides is 1. The molecule has 0 aliphatic carbocycles. The van der Waals surface area contributed by atoms with Crippen LogP contribution in [-0.2, 0) is 14.3 Å². The van der Waals surface area contributed by atoms with E-state index >= 15 is 0 Å². The van der Waals surface area contributed by atoms with Gasteiger partial charge in [-0.2, -0.15) is 0 Å². The Balaban J connectivity index is 2.01. The molecule has 0 aliphatic rings. The molecule has 7 nitrogen and oxygen atoms in total. The van der Waals surface area contributed by atoms with Crippen molar-refractivity contribution in [1.82, 2.24) is 10.3 Å². The minimum absolute atomic E-state index is 0.140. The van der Waals surface area contributed by atoms with E-state index in [1.807, 2.05) is 37.3 Å². The number of aryl methyl sites for hydroxylation is 1. The summed E-state index contributed by atoms with van der Waals surface area (Å²) in [5, 5.41) is 2.91. The number of benzene rings is 1. The van der Waals surface area contributed by atoms with Gasteiger partial charge in [-0.25, -0.2) is 9.59 Å². The van der Waals surface area contributed by atoms with Gasteiger partial charge in [0.05, 0.1) is 18.2 Å². The van der Waals surface area contributed by atoms with Gasteiger partial charge in [-0.1, -0.05) is 43.7 Å². The molecule has 2 aromatic rings. The Hall–Kier alpha value is -3.09. The first-order valence-corrected chi connectivity index (χ1v) is 9.76. The maximum atomic E-state index is 12.5. The van der Waals surface area contributed by atoms with Crippen LogP contribution in [0.25, 0.3) is 0 Å². The van der Waals surface area contributed by atoms with E-state index in [9.17, 15) is 14.4 Å². The first-order valence-electron chi connectivity index (χ1n) is 9.76. The van der Waals surface area contributed by atoms with Crippen LogP contribution < -0.4 is 5.32 Å². The smallest absolute Gasteiger partial charge is 0.355 e. The maximum Gasteiger partial charge on any atom is 0.355 e. The Morgan fingerprint density at radius 1 is 1.03 bits per heavy atom. The normalized spacial score (nSPS) is 11.6. The lowest BCUT2D eigenvalue weighted by Crippen LogP contribution is -2.32. The Morgan fingerprint density at radius 3 is 2.34 bits per heavy atom. The molecule has 0 aliphatic heterocycles. The molecule has 0 fully saturated rings. The first kappa shape index (κ1) is 22.2. The highest BCUT2D eigenvalue weighted by atomic mass is 16.5. The highest BCUT2D eigenvalue weighted by molar-refractivity contribution is 5.99. The molecule has 1 amide bonds. The molecule has 156 valence electrons. The molecule has 0 radical (unpaired) electrons. The van der Waals surface area contributed by atoms with E-state index in [1.54, 1.807) is 20.8 Å². The van der Waals surface area contributed by atoms with Crippen molar-refractivity contribution < 1.29 is 23.9 Å². The average Bonchev–Trinajstić information content (AvgIpc) is 3.01. The van der Waals surface area contributed by atoms with Gasteiger partial charge >= 0.3 is 11.9 Å². The second kappa shape index (κ2) is 10.5. The van der Waals surface area contributed by atoms with Crippen LogP contribution in [0.4, 0.5) is 0 Å². The maximum absolute atomic E-state index is 12.5. The van der Waals surface area contributed by atoms with E-state index < -0.39 is 18.5 Å². The van der Waals surface area contributed by atoms with Crippen molar-refractivity contribution in [3.8, 4) is 0 Å². The molecule has 7 heteroatoms. The number of ether oxygens (including phenoxy) is 2. The van der Waals surface area contributed by atoms with Crippen molar-refractivity contribution in [2.24, 2.45) is 0 Å². The number of rotatable bonds is 9. The lowest BCUT2D eigenvalue weighted by Gasteiger charge is -2.18. The van der Waals surface area contributed by atoms with Gasteiger partial charge in [-0.05, 0) is 38.3 Å². The summed E-state index contributed by atoms with van der Waals surface area (Å²) in [7, 11) is 0. The zero-order valence-electron chi connectivity index (χ0n) is 17.3.